The minimum absolute atomic E-state index is 0.0305. The van der Waals surface area contributed by atoms with Crippen molar-refractivity contribution in [2.75, 3.05) is 37.6 Å². The summed E-state index contributed by atoms with van der Waals surface area (Å²) in [4.78, 5) is 24.8. The van der Waals surface area contributed by atoms with Crippen LogP contribution in [-0.2, 0) is 16.1 Å². The van der Waals surface area contributed by atoms with Gasteiger partial charge in [-0.05, 0) is 11.6 Å². The van der Waals surface area contributed by atoms with Gasteiger partial charge >= 0.3 is 0 Å². The fraction of sp³-hybridized carbons (Fsp3) is 0.467. The third kappa shape index (κ3) is 4.75. The number of nitrogens with zero attached hydrogens (tertiary/aromatic N) is 1. The molecule has 1 aliphatic rings. The number of hydrogen-bond acceptors (Lipinski definition) is 4. The van der Waals surface area contributed by atoms with E-state index in [2.05, 4.69) is 26.9 Å². The summed E-state index contributed by atoms with van der Waals surface area (Å²) in [6, 6.07) is 8.13. The van der Waals surface area contributed by atoms with Gasteiger partial charge in [-0.1, -0.05) is 18.2 Å². The molecule has 1 heterocycles. The van der Waals surface area contributed by atoms with Gasteiger partial charge < -0.3 is 20.9 Å². The second kappa shape index (κ2) is 7.64. The van der Waals surface area contributed by atoms with Crippen LogP contribution in [0.25, 0.3) is 0 Å². The molecule has 3 N–H and O–H groups in total. The molecule has 0 aliphatic carbocycles. The fourth-order valence-corrected chi connectivity index (χ4v) is 2.36. The number of rotatable bonds is 5. The Bertz CT molecular complexity index is 504. The number of nitrogens with one attached hydrogen (secondary N) is 3. The normalized spacial score (nSPS) is 14.0. The molecule has 1 aromatic carbocycles. The summed E-state index contributed by atoms with van der Waals surface area (Å²) in [5.41, 5.74) is 2.32. The van der Waals surface area contributed by atoms with Crippen LogP contribution in [0.4, 0.5) is 5.69 Å². The Balaban J connectivity index is 1.87. The molecule has 114 valence electrons. The molecule has 0 radical (unpaired) electrons. The second-order valence-electron chi connectivity index (χ2n) is 5.06. The van der Waals surface area contributed by atoms with Gasteiger partial charge in [0.1, 0.15) is 0 Å². The van der Waals surface area contributed by atoms with E-state index in [4.69, 9.17) is 0 Å². The van der Waals surface area contributed by atoms with Crippen molar-refractivity contribution in [3.8, 4) is 0 Å². The molecule has 0 saturated carbocycles. The average Bonchev–Trinajstić information content (AvgIpc) is 2.66. The van der Waals surface area contributed by atoms with E-state index in [-0.39, 0.29) is 11.8 Å². The largest absolute Gasteiger partial charge is 0.361 e. The summed E-state index contributed by atoms with van der Waals surface area (Å²) in [5, 5.41) is 8.82. The summed E-state index contributed by atoms with van der Waals surface area (Å²) < 4.78 is 0. The van der Waals surface area contributed by atoms with E-state index in [0.29, 0.717) is 19.6 Å². The van der Waals surface area contributed by atoms with E-state index in [1.807, 2.05) is 18.2 Å². The number of carbonyl (C=O) groups is 2. The molecule has 6 nitrogen and oxygen atoms in total. The van der Waals surface area contributed by atoms with Crippen LogP contribution in [-0.4, -0.2) is 44.5 Å². The predicted molar refractivity (Wildman–Crippen MR) is 82.1 cm³/mol. The molecule has 0 spiro atoms. The van der Waals surface area contributed by atoms with Gasteiger partial charge in [-0.3, -0.25) is 9.59 Å². The van der Waals surface area contributed by atoms with Crippen molar-refractivity contribution < 1.29 is 9.59 Å². The van der Waals surface area contributed by atoms with Gasteiger partial charge in [-0.2, -0.15) is 0 Å². The van der Waals surface area contributed by atoms with Gasteiger partial charge in [0.25, 0.3) is 0 Å². The Morgan fingerprint density at radius 2 is 2.00 bits per heavy atom. The standard InChI is InChI=1S/C15H22N4O2/c1-12(20)17-6-7-18-15(21)11-19-9-8-16-10-13-4-2-3-5-14(13)19/h2-5,16H,6-11H2,1H3,(H,17,20)(H,18,21). The Morgan fingerprint density at radius 3 is 2.81 bits per heavy atom. The molecule has 2 amide bonds. The highest BCUT2D eigenvalue weighted by molar-refractivity contribution is 5.81. The van der Waals surface area contributed by atoms with Crippen molar-refractivity contribution in [1.82, 2.24) is 16.0 Å². The summed E-state index contributed by atoms with van der Waals surface area (Å²) >= 11 is 0. The molecule has 1 aliphatic heterocycles. The summed E-state index contributed by atoms with van der Waals surface area (Å²) in [7, 11) is 0. The molecule has 0 atom stereocenters. The number of fused-ring (bicyclic) bond motifs is 1. The lowest BCUT2D eigenvalue weighted by atomic mass is 10.1. The molecule has 2 rings (SSSR count). The summed E-state index contributed by atoms with van der Waals surface area (Å²) in [6.07, 6.45) is 0. The Morgan fingerprint density at radius 1 is 1.24 bits per heavy atom. The van der Waals surface area contributed by atoms with Crippen LogP contribution in [0.2, 0.25) is 0 Å². The van der Waals surface area contributed by atoms with E-state index in [0.717, 1.165) is 25.3 Å². The van der Waals surface area contributed by atoms with Gasteiger partial charge in [0.2, 0.25) is 11.8 Å². The van der Waals surface area contributed by atoms with Gasteiger partial charge in [-0.25, -0.2) is 0 Å². The van der Waals surface area contributed by atoms with Crippen LogP contribution >= 0.6 is 0 Å². The van der Waals surface area contributed by atoms with E-state index in [1.165, 1.54) is 12.5 Å². The van der Waals surface area contributed by atoms with Crippen molar-refractivity contribution in [1.29, 1.82) is 0 Å². The van der Waals surface area contributed by atoms with Crippen molar-refractivity contribution >= 4 is 17.5 Å². The molecule has 0 bridgehead atoms. The van der Waals surface area contributed by atoms with Crippen LogP contribution < -0.4 is 20.9 Å². The SMILES string of the molecule is CC(=O)NCCNC(=O)CN1CCNCc2ccccc21. The second-order valence-corrected chi connectivity index (χ2v) is 5.06. The van der Waals surface area contributed by atoms with Crippen LogP contribution in [0.1, 0.15) is 12.5 Å². The zero-order valence-electron chi connectivity index (χ0n) is 12.3. The quantitative estimate of drug-likeness (QED) is 0.659. The highest BCUT2D eigenvalue weighted by Gasteiger charge is 2.16. The lowest BCUT2D eigenvalue weighted by Gasteiger charge is -2.23. The zero-order chi connectivity index (χ0) is 15.1. The molecule has 1 aromatic rings. The van der Waals surface area contributed by atoms with E-state index < -0.39 is 0 Å². The van der Waals surface area contributed by atoms with Crippen molar-refractivity contribution in [2.45, 2.75) is 13.5 Å². The maximum absolute atomic E-state index is 12.0. The lowest BCUT2D eigenvalue weighted by molar-refractivity contribution is -0.121. The van der Waals surface area contributed by atoms with Crippen molar-refractivity contribution in [3.05, 3.63) is 29.8 Å². The fourth-order valence-electron chi connectivity index (χ4n) is 2.36. The predicted octanol–water partition coefficient (Wildman–Crippen LogP) is -0.151. The first-order valence-electron chi connectivity index (χ1n) is 7.21. The molecule has 0 aromatic heterocycles. The van der Waals surface area contributed by atoms with E-state index >= 15 is 0 Å². The van der Waals surface area contributed by atoms with Crippen LogP contribution in [0.5, 0.6) is 0 Å². The highest BCUT2D eigenvalue weighted by atomic mass is 16.2. The maximum atomic E-state index is 12.0. The minimum Gasteiger partial charge on any atom is -0.361 e. The van der Waals surface area contributed by atoms with Gasteiger partial charge in [-0.15, -0.1) is 0 Å². The first-order chi connectivity index (χ1) is 10.2. The average molecular weight is 290 g/mol. The van der Waals surface area contributed by atoms with Crippen LogP contribution in [0, 0.1) is 0 Å². The van der Waals surface area contributed by atoms with Crippen molar-refractivity contribution in [2.24, 2.45) is 0 Å². The number of hydrogen-bond donors (Lipinski definition) is 3. The van der Waals surface area contributed by atoms with E-state index in [9.17, 15) is 9.59 Å². The van der Waals surface area contributed by atoms with Crippen molar-refractivity contribution in [3.63, 3.8) is 0 Å². The van der Waals surface area contributed by atoms with Gasteiger partial charge in [0.05, 0.1) is 6.54 Å². The maximum Gasteiger partial charge on any atom is 0.239 e. The first-order valence-corrected chi connectivity index (χ1v) is 7.21. The lowest BCUT2D eigenvalue weighted by Crippen LogP contribution is -2.41. The summed E-state index contributed by atoms with van der Waals surface area (Å²) in [6.45, 7) is 5.19. The molecular formula is C15H22N4O2. The topological polar surface area (TPSA) is 73.5 Å². The van der Waals surface area contributed by atoms with Gasteiger partial charge in [0, 0.05) is 45.3 Å². The Labute approximate surface area is 124 Å². The molecular weight excluding hydrogens is 268 g/mol. The number of amides is 2. The molecule has 0 saturated heterocycles. The third-order valence-electron chi connectivity index (χ3n) is 3.36. The molecule has 21 heavy (non-hydrogen) atoms. The van der Waals surface area contributed by atoms with Crippen LogP contribution in [0.3, 0.4) is 0 Å². The summed E-state index contributed by atoms with van der Waals surface area (Å²) in [5.74, 6) is -0.117. The zero-order valence-corrected chi connectivity index (χ0v) is 12.3. The third-order valence-corrected chi connectivity index (χ3v) is 3.36. The molecule has 6 heteroatoms. The monoisotopic (exact) mass is 290 g/mol. The smallest absolute Gasteiger partial charge is 0.239 e. The Kier molecular flexibility index (Phi) is 5.57. The van der Waals surface area contributed by atoms with E-state index in [1.54, 1.807) is 0 Å². The molecule has 0 unspecified atom stereocenters. The Hall–Kier alpha value is -2.08. The number of para-hydroxylation sites is 1. The first kappa shape index (κ1) is 15.3. The van der Waals surface area contributed by atoms with Crippen LogP contribution in [0.15, 0.2) is 24.3 Å². The number of benzene rings is 1. The number of anilines is 1. The number of carbonyl (C=O) groups excluding carboxylic acids is 2. The minimum atomic E-state index is -0.0863. The highest BCUT2D eigenvalue weighted by Crippen LogP contribution is 2.21. The molecule has 0 fully saturated rings. The van der Waals surface area contributed by atoms with Gasteiger partial charge in [0.15, 0.2) is 0 Å².